The molecule has 0 aliphatic rings. The lowest BCUT2D eigenvalue weighted by Crippen LogP contribution is -2.19. The lowest BCUT2D eigenvalue weighted by atomic mass is 10.1. The van der Waals surface area contributed by atoms with E-state index < -0.39 is 16.8 Å². The molecule has 4 rings (SSSR count). The number of para-hydroxylation sites is 2. The number of carbonyl (C=O) groups excluding carboxylic acids is 1. The maximum absolute atomic E-state index is 12.5. The summed E-state index contributed by atoms with van der Waals surface area (Å²) in [7, 11) is -0.128. The molecular weight excluding hydrogens is 470 g/mol. The number of aromatic nitrogens is 2. The fourth-order valence-electron chi connectivity index (χ4n) is 3.53. The number of amides is 1. The monoisotopic (exact) mass is 493 g/mol. The van der Waals surface area contributed by atoms with Crippen LogP contribution in [0.4, 0.5) is 23.0 Å². The fourth-order valence-corrected chi connectivity index (χ4v) is 4.14. The SMILES string of the molecule is COc1cc(Nc2nc3ccccc3nc2N(c2cccc(CC(N)=O)c2)[SH](=O)=O)cc(OC)c1. The number of carbonyl (C=O) groups is 1. The van der Waals surface area contributed by atoms with E-state index in [4.69, 9.17) is 15.2 Å². The van der Waals surface area contributed by atoms with Gasteiger partial charge in [-0.1, -0.05) is 24.3 Å². The second-order valence-corrected chi connectivity index (χ2v) is 8.35. The third kappa shape index (κ3) is 5.41. The molecule has 180 valence electrons. The normalized spacial score (nSPS) is 10.8. The smallest absolute Gasteiger partial charge is 0.230 e. The molecule has 3 aromatic carbocycles. The van der Waals surface area contributed by atoms with Crippen molar-refractivity contribution < 1.29 is 22.7 Å². The van der Waals surface area contributed by atoms with Gasteiger partial charge in [-0.15, -0.1) is 0 Å². The lowest BCUT2D eigenvalue weighted by molar-refractivity contribution is -0.117. The topological polar surface area (TPSA) is 137 Å². The number of anilines is 4. The van der Waals surface area contributed by atoms with Crippen molar-refractivity contribution in [1.29, 1.82) is 0 Å². The average molecular weight is 494 g/mol. The molecule has 0 aliphatic heterocycles. The first-order chi connectivity index (χ1) is 16.9. The van der Waals surface area contributed by atoms with E-state index in [1.54, 1.807) is 60.7 Å². The Labute approximate surface area is 203 Å². The van der Waals surface area contributed by atoms with Crippen LogP contribution in [0.5, 0.6) is 11.5 Å². The standard InChI is InChI=1S/C24H23N5O5S/c1-33-18-12-16(13-19(14-18)34-2)26-23-24(28-21-9-4-3-8-20(21)27-23)29(35(31)32)17-7-5-6-15(10-17)11-22(25)30/h3-10,12-14,35H,11H2,1-2H3,(H2,25,30)(H,26,27). The minimum absolute atomic E-state index is 0.0323. The third-order valence-electron chi connectivity index (χ3n) is 5.06. The molecule has 3 N–H and O–H groups in total. The summed E-state index contributed by atoms with van der Waals surface area (Å²) in [4.78, 5) is 20.6. The summed E-state index contributed by atoms with van der Waals surface area (Å²) in [5.41, 5.74) is 7.80. The van der Waals surface area contributed by atoms with Crippen LogP contribution in [-0.4, -0.2) is 38.5 Å². The molecule has 10 nitrogen and oxygen atoms in total. The molecule has 1 heterocycles. The molecule has 4 aromatic rings. The first-order valence-electron chi connectivity index (χ1n) is 10.5. The number of thiol groups is 1. The molecule has 1 aromatic heterocycles. The van der Waals surface area contributed by atoms with Crippen molar-refractivity contribution in [3.63, 3.8) is 0 Å². The highest BCUT2D eigenvalue weighted by Gasteiger charge is 2.21. The molecule has 0 aliphatic carbocycles. The molecule has 0 saturated carbocycles. The number of rotatable bonds is 9. The second kappa shape index (κ2) is 10.3. The molecule has 0 saturated heterocycles. The number of ether oxygens (including phenoxy) is 2. The first kappa shape index (κ1) is 23.8. The van der Waals surface area contributed by atoms with E-state index >= 15 is 0 Å². The molecule has 0 spiro atoms. The van der Waals surface area contributed by atoms with E-state index in [-0.39, 0.29) is 23.7 Å². The molecule has 0 atom stereocenters. The maximum atomic E-state index is 12.5. The highest BCUT2D eigenvalue weighted by molar-refractivity contribution is 7.74. The van der Waals surface area contributed by atoms with Crippen molar-refractivity contribution in [2.45, 2.75) is 6.42 Å². The number of hydrogen-bond donors (Lipinski definition) is 3. The number of nitrogens with two attached hydrogens (primary N) is 1. The zero-order valence-electron chi connectivity index (χ0n) is 19.0. The van der Waals surface area contributed by atoms with E-state index in [9.17, 15) is 13.2 Å². The Balaban J connectivity index is 1.88. The molecule has 0 unspecified atom stereocenters. The van der Waals surface area contributed by atoms with Gasteiger partial charge in [-0.25, -0.2) is 22.7 Å². The van der Waals surface area contributed by atoms with E-state index in [1.807, 2.05) is 6.07 Å². The van der Waals surface area contributed by atoms with Crippen LogP contribution >= 0.6 is 0 Å². The van der Waals surface area contributed by atoms with Gasteiger partial charge in [0, 0.05) is 23.9 Å². The number of nitrogens with one attached hydrogen (secondary N) is 1. The minimum Gasteiger partial charge on any atom is -0.497 e. The average Bonchev–Trinajstić information content (AvgIpc) is 2.83. The number of primary amides is 1. The molecule has 0 radical (unpaired) electrons. The van der Waals surface area contributed by atoms with Gasteiger partial charge in [0.2, 0.25) is 16.8 Å². The Morgan fingerprint density at radius 1 is 0.943 bits per heavy atom. The van der Waals surface area contributed by atoms with Crippen molar-refractivity contribution in [3.8, 4) is 11.5 Å². The van der Waals surface area contributed by atoms with Gasteiger partial charge in [-0.2, -0.15) is 0 Å². The van der Waals surface area contributed by atoms with Crippen LogP contribution in [0.25, 0.3) is 11.0 Å². The van der Waals surface area contributed by atoms with Crippen LogP contribution in [0, 0.1) is 0 Å². The van der Waals surface area contributed by atoms with Crippen molar-refractivity contribution in [1.82, 2.24) is 9.97 Å². The van der Waals surface area contributed by atoms with Gasteiger partial charge in [0.05, 0.1) is 37.4 Å². The predicted octanol–water partition coefficient (Wildman–Crippen LogP) is 3.08. The molecule has 35 heavy (non-hydrogen) atoms. The van der Waals surface area contributed by atoms with Crippen molar-refractivity contribution in [2.24, 2.45) is 5.73 Å². The van der Waals surface area contributed by atoms with Gasteiger partial charge < -0.3 is 20.5 Å². The Morgan fingerprint density at radius 2 is 1.60 bits per heavy atom. The molecule has 1 amide bonds. The van der Waals surface area contributed by atoms with Gasteiger partial charge >= 0.3 is 0 Å². The number of hydrogen-bond acceptors (Lipinski definition) is 8. The van der Waals surface area contributed by atoms with Gasteiger partial charge in [-0.3, -0.25) is 4.79 Å². The van der Waals surface area contributed by atoms with Crippen LogP contribution in [0.1, 0.15) is 5.56 Å². The molecule has 0 bridgehead atoms. The van der Waals surface area contributed by atoms with E-state index in [0.29, 0.717) is 33.8 Å². The van der Waals surface area contributed by atoms with Crippen LogP contribution < -0.4 is 24.8 Å². The zero-order chi connectivity index (χ0) is 24.9. The molecule has 11 heteroatoms. The number of nitrogens with zero attached hydrogens (tertiary/aromatic N) is 3. The van der Waals surface area contributed by atoms with E-state index in [0.717, 1.165) is 4.31 Å². The van der Waals surface area contributed by atoms with Crippen molar-refractivity contribution in [2.75, 3.05) is 23.8 Å². The highest BCUT2D eigenvalue weighted by Crippen LogP contribution is 2.35. The highest BCUT2D eigenvalue weighted by atomic mass is 32.2. The maximum Gasteiger partial charge on any atom is 0.230 e. The van der Waals surface area contributed by atoms with Crippen LogP contribution in [-0.2, 0) is 22.1 Å². The Hall–Kier alpha value is -4.38. The predicted molar refractivity (Wildman–Crippen MR) is 134 cm³/mol. The summed E-state index contributed by atoms with van der Waals surface area (Å²) in [6, 6.07) is 18.8. The van der Waals surface area contributed by atoms with Crippen LogP contribution in [0.2, 0.25) is 0 Å². The lowest BCUT2D eigenvalue weighted by Gasteiger charge is -2.21. The quantitative estimate of drug-likeness (QED) is 0.303. The summed E-state index contributed by atoms with van der Waals surface area (Å²) in [6.45, 7) is 0. The van der Waals surface area contributed by atoms with Crippen LogP contribution in [0.15, 0.2) is 66.7 Å². The third-order valence-corrected chi connectivity index (χ3v) is 5.81. The second-order valence-electron chi connectivity index (χ2n) is 7.47. The van der Waals surface area contributed by atoms with Gasteiger partial charge in [0.15, 0.2) is 11.6 Å². The van der Waals surface area contributed by atoms with Gasteiger partial charge in [0.1, 0.15) is 11.5 Å². The Bertz CT molecular complexity index is 1440. The number of methoxy groups -OCH3 is 2. The summed E-state index contributed by atoms with van der Waals surface area (Å²) < 4.78 is 36.7. The zero-order valence-corrected chi connectivity index (χ0v) is 19.9. The number of benzene rings is 3. The van der Waals surface area contributed by atoms with E-state index in [2.05, 4.69) is 15.3 Å². The van der Waals surface area contributed by atoms with E-state index in [1.165, 1.54) is 14.2 Å². The summed E-state index contributed by atoms with van der Waals surface area (Å²) in [5, 5.41) is 3.15. The Morgan fingerprint density at radius 3 is 2.20 bits per heavy atom. The fraction of sp³-hybridized carbons (Fsp3) is 0.125. The summed E-state index contributed by atoms with van der Waals surface area (Å²) >= 11 is 0. The number of fused-ring (bicyclic) bond motifs is 1. The van der Waals surface area contributed by atoms with Crippen LogP contribution in [0.3, 0.4) is 0 Å². The molecule has 0 fully saturated rings. The summed E-state index contributed by atoms with van der Waals surface area (Å²) in [5.74, 6) is 0.789. The molecular formula is C24H23N5O5S. The minimum atomic E-state index is -3.19. The summed E-state index contributed by atoms with van der Waals surface area (Å²) in [6.07, 6.45) is -0.0323. The van der Waals surface area contributed by atoms with Gasteiger partial charge in [-0.05, 0) is 29.8 Å². The largest absolute Gasteiger partial charge is 0.497 e. The Kier molecular flexibility index (Phi) is 6.97. The van der Waals surface area contributed by atoms with Gasteiger partial charge in [0.25, 0.3) is 0 Å². The van der Waals surface area contributed by atoms with Crippen molar-refractivity contribution in [3.05, 3.63) is 72.3 Å². The van der Waals surface area contributed by atoms with Crippen molar-refractivity contribution >= 4 is 50.8 Å². The first-order valence-corrected chi connectivity index (χ1v) is 11.6.